The first-order valence-corrected chi connectivity index (χ1v) is 11.8. The number of benzene rings is 1. The maximum absolute atomic E-state index is 11.6. The van der Waals surface area contributed by atoms with Gasteiger partial charge in [-0.05, 0) is 60.6 Å². The molecule has 0 saturated carbocycles. The third-order valence-electron chi connectivity index (χ3n) is 2.28. The number of nitrogen functional groups attached to an aromatic ring is 1. The second-order valence-electron chi connectivity index (χ2n) is 3.44. The van der Waals surface area contributed by atoms with Crippen LogP contribution in [0.2, 0.25) is 0 Å². The fourth-order valence-electron chi connectivity index (χ4n) is 1.31. The molecule has 0 heterocycles. The molecule has 6 heteroatoms. The zero-order chi connectivity index (χ0) is 14.3. The van der Waals surface area contributed by atoms with Crippen LogP contribution in [0.3, 0.4) is 0 Å². The molecular weight excluding hydrogens is 495 g/mol. The second kappa shape index (κ2) is 9.33. The molecule has 2 N–H and O–H groups in total. The summed E-state index contributed by atoms with van der Waals surface area (Å²) in [7, 11) is 0. The van der Waals surface area contributed by atoms with E-state index < -0.39 is 0 Å². The van der Waals surface area contributed by atoms with Crippen molar-refractivity contribution >= 4 is 59.5 Å². The molecule has 1 aromatic rings. The Labute approximate surface area is 139 Å². The maximum atomic E-state index is 11.6. The van der Waals surface area contributed by atoms with Crippen LogP contribution in [0.1, 0.15) is 28.4 Å². The third kappa shape index (κ3) is 5.18. The summed E-state index contributed by atoms with van der Waals surface area (Å²) in [5, 5.41) is 3.57. The Kier molecular flexibility index (Phi) is 9.54. The van der Waals surface area contributed by atoms with E-state index in [2.05, 4.69) is 47.8 Å². The van der Waals surface area contributed by atoms with Crippen LogP contribution in [0.25, 0.3) is 0 Å². The molecule has 0 aliphatic rings. The molecule has 0 saturated heterocycles. The van der Waals surface area contributed by atoms with E-state index in [1.54, 1.807) is 6.92 Å². The number of halogens is 2. The molecule has 18 heavy (non-hydrogen) atoms. The van der Waals surface area contributed by atoms with E-state index in [0.29, 0.717) is 30.3 Å². The summed E-state index contributed by atoms with van der Waals surface area (Å²) in [4.78, 5) is 11.6. The molecule has 0 bridgehead atoms. The quantitative estimate of drug-likeness (QED) is 0.376. The van der Waals surface area contributed by atoms with Crippen LogP contribution in [-0.4, -0.2) is 17.8 Å². The molecule has 0 aromatic heterocycles. The van der Waals surface area contributed by atoms with Crippen LogP contribution in [0.4, 0.5) is 5.69 Å². The summed E-state index contributed by atoms with van der Waals surface area (Å²) >= 11 is 4.81. The zero-order valence-corrected chi connectivity index (χ0v) is 16.3. The number of hydrogen-bond donors (Lipinski definition) is 1. The third-order valence-corrected chi connectivity index (χ3v) is 3.63. The average Bonchev–Trinajstić information content (AvgIpc) is 2.27. The number of carbonyl (C=O) groups is 1. The normalized spacial score (nSPS) is 9.17. The van der Waals surface area contributed by atoms with Crippen molar-refractivity contribution < 1.29 is 22.0 Å². The van der Waals surface area contributed by atoms with Crippen molar-refractivity contribution in [1.29, 1.82) is 0 Å². The van der Waals surface area contributed by atoms with E-state index in [1.807, 2.05) is 19.9 Å². The minimum absolute atomic E-state index is 0.345. The fraction of sp³-hybridized carbons (Fsp3) is 0.333. The van der Waals surface area contributed by atoms with Gasteiger partial charge in [0.15, 0.2) is 0 Å². The van der Waals surface area contributed by atoms with E-state index in [-0.39, 0.29) is 5.97 Å². The van der Waals surface area contributed by atoms with Gasteiger partial charge in [-0.1, -0.05) is 0 Å². The number of nitrogens with two attached hydrogens (primary N) is 1. The molecule has 1 aromatic carbocycles. The topological polar surface area (TPSA) is 52.3 Å². The Hall–Kier alpha value is 0.404. The molecule has 0 aliphatic carbocycles. The summed E-state index contributed by atoms with van der Waals surface area (Å²) in [6, 6.07) is 1.81. The molecule has 0 amide bonds. The van der Waals surface area contributed by atoms with Crippen molar-refractivity contribution in [3.63, 3.8) is 0 Å². The van der Waals surface area contributed by atoms with Gasteiger partial charge in [0.05, 0.1) is 12.2 Å². The molecule has 0 fully saturated rings. The number of anilines is 1. The van der Waals surface area contributed by atoms with Crippen molar-refractivity contribution in [1.82, 2.24) is 0 Å². The van der Waals surface area contributed by atoms with Crippen molar-refractivity contribution in [2.24, 2.45) is 0 Å². The van der Waals surface area contributed by atoms with Crippen molar-refractivity contribution in [2.45, 2.75) is 20.8 Å². The van der Waals surface area contributed by atoms with Gasteiger partial charge in [-0.3, -0.25) is 0 Å². The van der Waals surface area contributed by atoms with Crippen molar-refractivity contribution in [2.75, 3.05) is 12.3 Å². The Balaban J connectivity index is 0.000000873. The number of carbonyl (C=O) groups excluding carboxylic acids is 1. The van der Waals surface area contributed by atoms with E-state index in [9.17, 15) is 4.79 Å². The standard InChI is InChI=1S/C11H14INO2.CH2.HI.V/c1-4-15-11(14)9-8(13)5-6(2)7(3)10(9)12;;;/h5H,4,13H2,1-3H3;1H2;1H;/q;;;+1/p-1. The Bertz CT molecular complexity index is 450. The van der Waals surface area contributed by atoms with Crippen LogP contribution < -0.4 is 5.73 Å². The molecule has 0 unspecified atom stereocenters. The molecule has 0 spiro atoms. The number of rotatable bonds is 2. The molecule has 0 radical (unpaired) electrons. The summed E-state index contributed by atoms with van der Waals surface area (Å²) in [6.07, 6.45) is 0. The number of ether oxygens (including phenoxy) is 1. The number of hydrogen-bond acceptors (Lipinski definition) is 3. The van der Waals surface area contributed by atoms with Gasteiger partial charge < -0.3 is 10.5 Å². The molecule has 0 atom stereocenters. The first kappa shape index (κ1) is 18.4. The second-order valence-corrected chi connectivity index (χ2v) is 7.70. The summed E-state index contributed by atoms with van der Waals surface area (Å²) in [6.45, 7) is 6.09. The van der Waals surface area contributed by atoms with Crippen LogP contribution >= 0.6 is 42.6 Å². The first-order chi connectivity index (χ1) is 8.40. The average molecular weight is 511 g/mol. The number of esters is 1. The predicted octanol–water partition coefficient (Wildman–Crippen LogP) is 3.52. The molecule has 100 valence electrons. The minimum atomic E-state index is -0.345. The Morgan fingerprint density at radius 3 is 2.50 bits per heavy atom. The van der Waals surface area contributed by atoms with Gasteiger partial charge >= 0.3 is 43.6 Å². The predicted molar refractivity (Wildman–Crippen MR) is 90.1 cm³/mol. The Morgan fingerprint density at radius 1 is 1.56 bits per heavy atom. The molecular formula is C12H16I2NO2V. The summed E-state index contributed by atoms with van der Waals surface area (Å²) in [5.41, 5.74) is 8.95. The Morgan fingerprint density at radius 2 is 2.06 bits per heavy atom. The van der Waals surface area contributed by atoms with E-state index in [1.165, 1.54) is 0 Å². The SMILES string of the molecule is CCOC(=O)c1c(N)cc(C)c(C)c1I.[CH2]=[V][I]. The van der Waals surface area contributed by atoms with Gasteiger partial charge in [-0.25, -0.2) is 4.79 Å². The molecule has 0 aliphatic heterocycles. The van der Waals surface area contributed by atoms with Crippen LogP contribution in [-0.2, 0) is 17.2 Å². The van der Waals surface area contributed by atoms with Crippen molar-refractivity contribution in [3.05, 3.63) is 26.3 Å². The van der Waals surface area contributed by atoms with Crippen LogP contribution in [0.5, 0.6) is 0 Å². The van der Waals surface area contributed by atoms with E-state index >= 15 is 0 Å². The molecule has 1 rings (SSSR count). The van der Waals surface area contributed by atoms with Crippen LogP contribution in [0.15, 0.2) is 6.07 Å². The van der Waals surface area contributed by atoms with Gasteiger partial charge in [0, 0.05) is 9.26 Å². The first-order valence-electron chi connectivity index (χ1n) is 5.19. The van der Waals surface area contributed by atoms with Gasteiger partial charge in [0.2, 0.25) is 0 Å². The summed E-state index contributed by atoms with van der Waals surface area (Å²) < 4.78 is 5.84. The summed E-state index contributed by atoms with van der Waals surface area (Å²) in [5.74, 6) is -0.345. The van der Waals surface area contributed by atoms with Gasteiger partial charge in [0.25, 0.3) is 0 Å². The van der Waals surface area contributed by atoms with Gasteiger partial charge in [-0.15, -0.1) is 0 Å². The molecule has 3 nitrogen and oxygen atoms in total. The van der Waals surface area contributed by atoms with Crippen molar-refractivity contribution in [3.8, 4) is 0 Å². The van der Waals surface area contributed by atoms with Crippen LogP contribution in [0, 0.1) is 17.4 Å². The fourth-order valence-corrected chi connectivity index (χ4v) is 2.27. The van der Waals surface area contributed by atoms with Gasteiger partial charge in [-0.2, -0.15) is 0 Å². The number of aryl methyl sites for hydroxylation is 1. The van der Waals surface area contributed by atoms with E-state index in [0.717, 1.165) is 14.7 Å². The van der Waals surface area contributed by atoms with E-state index in [4.69, 9.17) is 10.5 Å². The monoisotopic (exact) mass is 511 g/mol. The van der Waals surface area contributed by atoms with Gasteiger partial charge in [0.1, 0.15) is 0 Å². The zero-order valence-electron chi connectivity index (χ0n) is 10.6.